The summed E-state index contributed by atoms with van der Waals surface area (Å²) < 4.78 is 7.52. The monoisotopic (exact) mass is 494 g/mol. The van der Waals surface area contributed by atoms with Gasteiger partial charge in [0.1, 0.15) is 7.11 Å². The van der Waals surface area contributed by atoms with E-state index in [4.69, 9.17) is 4.43 Å². The first kappa shape index (κ1) is 23.2. The molecule has 0 N–H and O–H groups in total. The Morgan fingerprint density at radius 3 is 1.38 bits per heavy atom. The molecular weight excluding hydrogens is 461 g/mol. The van der Waals surface area contributed by atoms with Crippen molar-refractivity contribution in [1.82, 2.24) is 0 Å². The topological polar surface area (TPSA) is 9.23 Å². The van der Waals surface area contributed by atoms with E-state index in [-0.39, 0.29) is 5.60 Å². The highest BCUT2D eigenvalue weighted by molar-refractivity contribution is 7.78. The summed E-state index contributed by atoms with van der Waals surface area (Å²) in [6.45, 7) is 10.1. The Bertz CT molecular complexity index is 1210. The molecule has 1 nitrogen and oxygen atoms in total. The Morgan fingerprint density at radius 1 is 0.559 bits per heavy atom. The summed E-state index contributed by atoms with van der Waals surface area (Å²) >= 11 is 0. The van der Waals surface area contributed by atoms with E-state index in [0.717, 1.165) is 6.04 Å². The third-order valence-corrected chi connectivity index (χ3v) is 43.9. The summed E-state index contributed by atoms with van der Waals surface area (Å²) in [5.41, 5.74) is 1.03. The third kappa shape index (κ3) is 3.43. The Labute approximate surface area is 207 Å². The predicted molar refractivity (Wildman–Crippen MR) is 153 cm³/mol. The molecule has 34 heavy (non-hydrogen) atoms. The molecule has 2 unspecified atom stereocenters. The molecule has 0 amide bonds. The Kier molecular flexibility index (Phi) is 5.89. The van der Waals surface area contributed by atoms with E-state index in [2.05, 4.69) is 148 Å². The highest BCUT2D eigenvalue weighted by atomic mass is 29.6. The number of hydrogen-bond donors (Lipinski definition) is 0. The van der Waals surface area contributed by atoms with Gasteiger partial charge in [0.25, 0.3) is 0 Å². The van der Waals surface area contributed by atoms with Crippen LogP contribution in [-0.4, -0.2) is 22.5 Å². The zero-order valence-electron chi connectivity index (χ0n) is 20.7. The van der Waals surface area contributed by atoms with Gasteiger partial charge in [-0.15, -0.1) is 0 Å². The van der Waals surface area contributed by atoms with Crippen LogP contribution in [0.3, 0.4) is 0 Å². The van der Waals surface area contributed by atoms with Crippen LogP contribution < -0.4 is 15.6 Å². The molecule has 172 valence electrons. The predicted octanol–water partition coefficient (Wildman–Crippen LogP) is 5.54. The fourth-order valence-electron chi connectivity index (χ4n) is 7.10. The maximum Gasteiger partial charge on any atom is 0.183 e. The summed E-state index contributed by atoms with van der Waals surface area (Å²) in [5.74, 6) is 0. The van der Waals surface area contributed by atoms with Crippen molar-refractivity contribution in [3.8, 4) is 0 Å². The van der Waals surface area contributed by atoms with Gasteiger partial charge >= 0.3 is 0 Å². The Morgan fingerprint density at radius 2 is 0.941 bits per heavy atom. The molecule has 2 atom stereocenters. The summed E-state index contributed by atoms with van der Waals surface area (Å²) in [6, 6.07) is 46.5. The molecule has 1 fully saturated rings. The normalized spacial score (nSPS) is 25.5. The van der Waals surface area contributed by atoms with Gasteiger partial charge in [0, 0.05) is 0 Å². The zero-order valence-corrected chi connectivity index (χ0v) is 23.7. The summed E-state index contributed by atoms with van der Waals surface area (Å²) in [4.78, 5) is 0. The van der Waals surface area contributed by atoms with Gasteiger partial charge in [0.15, 0.2) is 7.83 Å². The molecule has 0 bridgehead atoms. The largest absolute Gasteiger partial charge is 0.411 e. The van der Waals surface area contributed by atoms with Crippen LogP contribution in [0.1, 0.15) is 12.5 Å². The molecule has 0 aromatic heterocycles. The van der Waals surface area contributed by atoms with Crippen molar-refractivity contribution >= 4 is 38.1 Å². The molecule has 1 aliphatic heterocycles. The second-order valence-corrected chi connectivity index (χ2v) is 33.0. The third-order valence-electron chi connectivity index (χ3n) is 8.11. The Hall–Kier alpha value is -2.51. The molecule has 0 radical (unpaired) electrons. The second-order valence-electron chi connectivity index (χ2n) is 10.6. The average molecular weight is 495 g/mol. The fourth-order valence-corrected chi connectivity index (χ4v) is 51.1. The van der Waals surface area contributed by atoms with Crippen molar-refractivity contribution in [2.75, 3.05) is 0 Å². The van der Waals surface area contributed by atoms with Crippen LogP contribution in [0.4, 0.5) is 0 Å². The van der Waals surface area contributed by atoms with Gasteiger partial charge in [0.2, 0.25) is 0 Å². The van der Waals surface area contributed by atoms with Crippen molar-refractivity contribution in [3.05, 3.63) is 127 Å². The van der Waals surface area contributed by atoms with Crippen LogP contribution in [-0.2, 0) is 10.0 Å². The van der Waals surface area contributed by atoms with Crippen molar-refractivity contribution < 1.29 is 4.43 Å². The van der Waals surface area contributed by atoms with Gasteiger partial charge in [-0.2, -0.15) is 0 Å². The van der Waals surface area contributed by atoms with Gasteiger partial charge in [-0.05, 0) is 31.6 Å². The van der Waals surface area contributed by atoms with Crippen LogP contribution >= 0.6 is 0 Å². The molecule has 1 aliphatic rings. The molecule has 4 aromatic rings. The molecular formula is C30H34OSi3. The maximum absolute atomic E-state index is 7.52. The van der Waals surface area contributed by atoms with Gasteiger partial charge in [-0.1, -0.05) is 143 Å². The van der Waals surface area contributed by atoms with E-state index >= 15 is 0 Å². The van der Waals surface area contributed by atoms with Crippen LogP contribution in [0, 0.1) is 0 Å². The molecule has 0 saturated carbocycles. The highest BCUT2D eigenvalue weighted by Crippen LogP contribution is 2.48. The molecule has 0 aliphatic carbocycles. The summed E-state index contributed by atoms with van der Waals surface area (Å²) in [7, 11) is -6.76. The van der Waals surface area contributed by atoms with Crippen molar-refractivity contribution in [3.63, 3.8) is 0 Å². The smallest absolute Gasteiger partial charge is 0.183 e. The fraction of sp³-hybridized carbons (Fsp3) is 0.200. The van der Waals surface area contributed by atoms with Gasteiger partial charge in [-0.25, -0.2) is 0 Å². The lowest BCUT2D eigenvalue weighted by Crippen LogP contribution is -2.93. The minimum absolute atomic E-state index is 0.284. The number of rotatable bonds is 4. The van der Waals surface area contributed by atoms with E-state index in [0.29, 0.717) is 0 Å². The minimum atomic E-state index is -2.32. The average Bonchev–Trinajstić information content (AvgIpc) is 2.86. The van der Waals surface area contributed by atoms with Crippen LogP contribution in [0.15, 0.2) is 121 Å². The van der Waals surface area contributed by atoms with Gasteiger partial charge < -0.3 is 4.43 Å². The quantitative estimate of drug-likeness (QED) is 0.338. The first-order valence-electron chi connectivity index (χ1n) is 12.3. The van der Waals surface area contributed by atoms with E-state index in [1.807, 2.05) is 0 Å². The lowest BCUT2D eigenvalue weighted by atomic mass is 9.98. The molecule has 1 heterocycles. The standard InChI is InChI=1S/C30H34OSi3/c1-30(26-17-9-5-10-18-26)25-33(4,27-19-11-6-12-20-27)34(32(2,3)31-30,28-21-13-7-14-22-28)29-23-15-8-16-24-29/h5-24H,25H2,1-4H3. The van der Waals surface area contributed by atoms with Crippen LogP contribution in [0.5, 0.6) is 0 Å². The van der Waals surface area contributed by atoms with Crippen molar-refractivity contribution in [2.24, 2.45) is 0 Å². The van der Waals surface area contributed by atoms with Crippen molar-refractivity contribution in [1.29, 1.82) is 0 Å². The van der Waals surface area contributed by atoms with E-state index in [1.165, 1.54) is 5.56 Å². The van der Waals surface area contributed by atoms with Crippen LogP contribution in [0.2, 0.25) is 25.7 Å². The van der Waals surface area contributed by atoms with Gasteiger partial charge in [-0.3, -0.25) is 0 Å². The first-order chi connectivity index (χ1) is 16.3. The SMILES string of the molecule is CC1(c2ccccc2)C[Si](C)(c2ccccc2)[Si](c2ccccc2)(c2ccccc2)[Si](C)(C)O1. The Balaban J connectivity index is 1.88. The van der Waals surface area contributed by atoms with E-state index in [1.54, 1.807) is 15.6 Å². The zero-order chi connectivity index (χ0) is 23.9. The summed E-state index contributed by atoms with van der Waals surface area (Å²) in [6.07, 6.45) is 0. The lowest BCUT2D eigenvalue weighted by Gasteiger charge is -2.62. The van der Waals surface area contributed by atoms with Crippen molar-refractivity contribution in [2.45, 2.75) is 38.2 Å². The molecule has 0 spiro atoms. The van der Waals surface area contributed by atoms with Gasteiger partial charge in [0.05, 0.1) is 13.2 Å². The molecule has 4 heteroatoms. The highest BCUT2D eigenvalue weighted by Gasteiger charge is 2.70. The number of benzene rings is 4. The maximum atomic E-state index is 7.52. The number of hydrogen-bond acceptors (Lipinski definition) is 1. The van der Waals surface area contributed by atoms with E-state index < -0.39 is 22.5 Å². The van der Waals surface area contributed by atoms with Crippen LogP contribution in [0.25, 0.3) is 0 Å². The first-order valence-corrected chi connectivity index (χ1v) is 21.9. The lowest BCUT2D eigenvalue weighted by molar-refractivity contribution is 0.100. The van der Waals surface area contributed by atoms with E-state index in [9.17, 15) is 0 Å². The molecule has 1 saturated heterocycles. The summed E-state index contributed by atoms with van der Waals surface area (Å²) in [5, 5.41) is 4.66. The molecule has 4 aromatic carbocycles. The second kappa shape index (κ2) is 8.61. The minimum Gasteiger partial charge on any atom is -0.411 e. The molecule has 5 rings (SSSR count).